The van der Waals surface area contributed by atoms with Crippen molar-refractivity contribution in [2.24, 2.45) is 28.6 Å². The van der Waals surface area contributed by atoms with E-state index in [1.807, 2.05) is 30.3 Å². The zero-order valence-corrected chi connectivity index (χ0v) is 27.0. The van der Waals surface area contributed by atoms with Gasteiger partial charge >= 0.3 is 23.9 Å². The molecule has 0 radical (unpaired) electrons. The van der Waals surface area contributed by atoms with Gasteiger partial charge in [0.15, 0.2) is 0 Å². The van der Waals surface area contributed by atoms with E-state index in [-0.39, 0.29) is 25.0 Å². The molecule has 0 heterocycles. The van der Waals surface area contributed by atoms with Gasteiger partial charge in [-0.3, -0.25) is 19.2 Å². The summed E-state index contributed by atoms with van der Waals surface area (Å²) in [5.41, 5.74) is -3.20. The summed E-state index contributed by atoms with van der Waals surface area (Å²) in [5, 5.41) is 12.7. The summed E-state index contributed by atoms with van der Waals surface area (Å²) in [6, 6.07) is 9.22. The van der Waals surface area contributed by atoms with Crippen molar-refractivity contribution in [1.82, 2.24) is 0 Å². The van der Waals surface area contributed by atoms with Crippen molar-refractivity contribution < 1.29 is 48.0 Å². The smallest absolute Gasteiger partial charge is 0.331 e. The third kappa shape index (κ3) is 6.21. The summed E-state index contributed by atoms with van der Waals surface area (Å²) in [6.07, 6.45) is -1.39. The number of carbonyl (C=O) groups excluding carboxylic acids is 5. The van der Waals surface area contributed by atoms with E-state index in [0.717, 1.165) is 5.56 Å². The van der Waals surface area contributed by atoms with Gasteiger partial charge in [0.05, 0.1) is 0 Å². The average Bonchev–Trinajstić information content (AvgIpc) is 2.94. The van der Waals surface area contributed by atoms with Crippen LogP contribution in [0, 0.1) is 28.6 Å². The van der Waals surface area contributed by atoms with E-state index in [0.29, 0.717) is 5.57 Å². The molecule has 0 aliphatic heterocycles. The molecule has 244 valence electrons. The molecule has 0 aromatic heterocycles. The van der Waals surface area contributed by atoms with Crippen LogP contribution < -0.4 is 0 Å². The molecule has 0 saturated heterocycles. The number of ketones is 1. The number of rotatable bonds is 6. The van der Waals surface area contributed by atoms with E-state index in [1.54, 1.807) is 33.8 Å². The molecule has 3 aliphatic carbocycles. The fourth-order valence-corrected chi connectivity index (χ4v) is 8.13. The first-order valence-electron chi connectivity index (χ1n) is 15.3. The summed E-state index contributed by atoms with van der Waals surface area (Å²) in [6.45, 7) is 15.0. The molecule has 3 aliphatic rings. The van der Waals surface area contributed by atoms with Crippen LogP contribution in [0.1, 0.15) is 73.3 Å². The number of Topliss-reactive ketones (excluding diaryl/α,β-unsaturated/α-hetero) is 1. The molecule has 9 atom stereocenters. The molecule has 0 unspecified atom stereocenters. The maximum absolute atomic E-state index is 13.6. The Bertz CT molecular complexity index is 1400. The Morgan fingerprint density at radius 1 is 0.911 bits per heavy atom. The van der Waals surface area contributed by atoms with Crippen LogP contribution in [-0.2, 0) is 42.9 Å². The van der Waals surface area contributed by atoms with Crippen LogP contribution in [0.25, 0.3) is 6.08 Å². The van der Waals surface area contributed by atoms with E-state index in [1.165, 1.54) is 26.8 Å². The van der Waals surface area contributed by atoms with Gasteiger partial charge in [0.1, 0.15) is 35.8 Å². The minimum atomic E-state index is -1.96. The summed E-state index contributed by atoms with van der Waals surface area (Å²) < 4.78 is 23.8. The fourth-order valence-electron chi connectivity index (χ4n) is 8.13. The van der Waals surface area contributed by atoms with E-state index < -0.39 is 82.5 Å². The number of carbonyl (C=O) groups is 5. The van der Waals surface area contributed by atoms with Crippen molar-refractivity contribution in [1.29, 1.82) is 0 Å². The van der Waals surface area contributed by atoms with Crippen molar-refractivity contribution in [2.75, 3.05) is 0 Å². The predicted octanol–water partition coefficient (Wildman–Crippen LogP) is 4.38. The minimum absolute atomic E-state index is 0.246. The summed E-state index contributed by atoms with van der Waals surface area (Å²) in [4.78, 5) is 64.6. The number of ether oxygens (including phenoxy) is 4. The van der Waals surface area contributed by atoms with E-state index in [2.05, 4.69) is 6.58 Å². The third-order valence-corrected chi connectivity index (χ3v) is 10.3. The third-order valence-electron chi connectivity index (χ3n) is 10.3. The van der Waals surface area contributed by atoms with Crippen molar-refractivity contribution in [3.63, 3.8) is 0 Å². The SMILES string of the molecule is C=C1[C@@H](OC(=O)/C=C/c2ccccc2)CC[C@@]2(C)[C@@H](OC(C)=O)[C@H](OC(C)=O)[C@H]3[C@H](C)C(=O)C[C@@](O)([C@@H](OC(C)=O)[C@H]12)C3(C)C. The largest absolute Gasteiger partial charge is 0.459 e. The van der Waals surface area contributed by atoms with Gasteiger partial charge in [-0.05, 0) is 30.1 Å². The number of hydrogen-bond donors (Lipinski definition) is 1. The predicted molar refractivity (Wildman–Crippen MR) is 163 cm³/mol. The maximum atomic E-state index is 13.6. The van der Waals surface area contributed by atoms with Gasteiger partial charge in [-0.15, -0.1) is 0 Å². The Morgan fingerprint density at radius 3 is 2.07 bits per heavy atom. The minimum Gasteiger partial charge on any atom is -0.459 e. The first-order chi connectivity index (χ1) is 20.9. The lowest BCUT2D eigenvalue weighted by atomic mass is 9.44. The van der Waals surface area contributed by atoms with Crippen LogP contribution >= 0.6 is 0 Å². The first kappa shape index (κ1) is 34.1. The Balaban J connectivity index is 1.89. The topological polar surface area (TPSA) is 142 Å². The fraction of sp³-hybridized carbons (Fsp3) is 0.571. The van der Waals surface area contributed by atoms with Gasteiger partial charge < -0.3 is 24.1 Å². The zero-order chi connectivity index (χ0) is 33.5. The summed E-state index contributed by atoms with van der Waals surface area (Å²) in [5.74, 6) is -5.44. The van der Waals surface area contributed by atoms with Crippen molar-refractivity contribution in [3.05, 3.63) is 54.1 Å². The first-order valence-corrected chi connectivity index (χ1v) is 15.3. The maximum Gasteiger partial charge on any atom is 0.331 e. The molecule has 0 amide bonds. The molecule has 1 aromatic rings. The van der Waals surface area contributed by atoms with Crippen LogP contribution in [0.15, 0.2) is 48.6 Å². The molecule has 3 saturated carbocycles. The lowest BCUT2D eigenvalue weighted by Gasteiger charge is -2.64. The average molecular weight is 625 g/mol. The van der Waals surface area contributed by atoms with Crippen molar-refractivity contribution >= 4 is 35.7 Å². The molecule has 2 bridgehead atoms. The molecule has 0 spiro atoms. The van der Waals surface area contributed by atoms with Gasteiger partial charge in [-0.2, -0.15) is 0 Å². The van der Waals surface area contributed by atoms with Gasteiger partial charge in [-0.25, -0.2) is 4.79 Å². The Morgan fingerprint density at radius 2 is 1.49 bits per heavy atom. The molecule has 10 nitrogen and oxygen atoms in total. The Kier molecular flexibility index (Phi) is 9.50. The second-order valence-corrected chi connectivity index (χ2v) is 13.5. The van der Waals surface area contributed by atoms with Gasteiger partial charge in [-0.1, -0.05) is 64.6 Å². The number of hydrogen-bond acceptors (Lipinski definition) is 10. The molecule has 3 fully saturated rings. The molecule has 1 N–H and O–H groups in total. The van der Waals surface area contributed by atoms with Crippen molar-refractivity contribution in [2.45, 2.75) is 97.7 Å². The molecule has 1 aromatic carbocycles. The van der Waals surface area contributed by atoms with Crippen molar-refractivity contribution in [3.8, 4) is 0 Å². The quantitative estimate of drug-likeness (QED) is 0.210. The number of aliphatic hydroxyl groups is 1. The highest BCUT2D eigenvalue weighted by atomic mass is 16.6. The van der Waals surface area contributed by atoms with Gasteiger partial charge in [0, 0.05) is 61.9 Å². The highest BCUT2D eigenvalue weighted by Gasteiger charge is 2.72. The molecular weight excluding hydrogens is 580 g/mol. The Hall–Kier alpha value is -3.79. The van der Waals surface area contributed by atoms with Gasteiger partial charge in [0.2, 0.25) is 0 Å². The lowest BCUT2D eigenvalue weighted by molar-refractivity contribution is -0.277. The van der Waals surface area contributed by atoms with Gasteiger partial charge in [0.25, 0.3) is 0 Å². The summed E-state index contributed by atoms with van der Waals surface area (Å²) in [7, 11) is 0. The van der Waals surface area contributed by atoms with Crippen LogP contribution in [0.5, 0.6) is 0 Å². The van der Waals surface area contributed by atoms with Crippen LogP contribution in [-0.4, -0.2) is 64.8 Å². The van der Waals surface area contributed by atoms with E-state index in [4.69, 9.17) is 18.9 Å². The van der Waals surface area contributed by atoms with Crippen LogP contribution in [0.4, 0.5) is 0 Å². The molecule has 4 rings (SSSR count). The number of fused-ring (bicyclic) bond motifs is 3. The number of esters is 4. The standard InChI is InChI=1S/C35H44O10/c1-19-25(39)18-35(41)31(43-22(4)37)29-20(2)26(45-27(40)15-14-24-12-10-9-11-13-24)16-17-34(29,8)32(44-23(5)38)30(42-21(3)36)28(19)33(35,6)7/h9-15,19,26,28-32,41H,2,16-18H2,1,3-8H3/b15-14+/t19-,26+,28-,29+,30-,31+,32+,34-,35-/m1/s1. The van der Waals surface area contributed by atoms with E-state index in [9.17, 15) is 29.1 Å². The normalized spacial score (nSPS) is 35.8. The molecule has 10 heteroatoms. The van der Waals surface area contributed by atoms with Crippen LogP contribution in [0.2, 0.25) is 0 Å². The summed E-state index contributed by atoms with van der Waals surface area (Å²) >= 11 is 0. The molecule has 45 heavy (non-hydrogen) atoms. The monoisotopic (exact) mass is 624 g/mol. The highest BCUT2D eigenvalue weighted by molar-refractivity contribution is 5.87. The highest BCUT2D eigenvalue weighted by Crippen LogP contribution is 2.63. The zero-order valence-electron chi connectivity index (χ0n) is 27.0. The Labute approximate surface area is 264 Å². The number of benzene rings is 1. The molecular formula is C35H44O10. The van der Waals surface area contributed by atoms with E-state index >= 15 is 0 Å². The second-order valence-electron chi connectivity index (χ2n) is 13.5. The van der Waals surface area contributed by atoms with Crippen LogP contribution in [0.3, 0.4) is 0 Å². The second kappa shape index (κ2) is 12.5. The lowest BCUT2D eigenvalue weighted by Crippen LogP contribution is -2.74.